The lowest BCUT2D eigenvalue weighted by atomic mass is 10.1. The summed E-state index contributed by atoms with van der Waals surface area (Å²) in [5, 5.41) is 0. The number of ether oxygens (including phenoxy) is 1. The molecule has 0 saturated heterocycles. The lowest BCUT2D eigenvalue weighted by Crippen LogP contribution is -1.81. The highest BCUT2D eigenvalue weighted by Crippen LogP contribution is 2.22. The van der Waals surface area contributed by atoms with E-state index in [0.717, 1.165) is 5.75 Å². The number of methoxy groups -OCH3 is 1. The predicted octanol–water partition coefficient (Wildman–Crippen LogP) is 4.59. The Morgan fingerprint density at radius 3 is 2.33 bits per heavy atom. The zero-order valence-electron chi connectivity index (χ0n) is 10.6. The van der Waals surface area contributed by atoms with E-state index in [2.05, 4.69) is 54.8 Å². The maximum atomic E-state index is 5.14. The van der Waals surface area contributed by atoms with E-state index < -0.39 is 0 Å². The summed E-state index contributed by atoms with van der Waals surface area (Å²) >= 11 is 1.77. The van der Waals surface area contributed by atoms with Gasteiger partial charge in [0.05, 0.1) is 7.11 Å². The Kier molecular flexibility index (Phi) is 4.48. The summed E-state index contributed by atoms with van der Waals surface area (Å²) in [5.41, 5.74) is 2.42. The van der Waals surface area contributed by atoms with E-state index in [9.17, 15) is 0 Å². The third-order valence-electron chi connectivity index (χ3n) is 2.71. The maximum Gasteiger partial charge on any atom is 0.118 e. The van der Waals surface area contributed by atoms with Crippen LogP contribution in [0.1, 0.15) is 11.1 Å². The van der Waals surface area contributed by atoms with Gasteiger partial charge in [-0.3, -0.25) is 0 Å². The Morgan fingerprint density at radius 1 is 0.944 bits per heavy atom. The summed E-state index contributed by atoms with van der Waals surface area (Å²) in [6.45, 7) is 0. The monoisotopic (exact) mass is 256 g/mol. The number of hydrogen-bond acceptors (Lipinski definition) is 2. The van der Waals surface area contributed by atoms with Crippen LogP contribution in [0.4, 0.5) is 0 Å². The zero-order chi connectivity index (χ0) is 12.8. The SMILES string of the molecule is COc1ccc(/C=C/c2ccccc2SC)cc1. The third-order valence-corrected chi connectivity index (χ3v) is 3.52. The first kappa shape index (κ1) is 12.8. The molecule has 0 atom stereocenters. The molecule has 0 radical (unpaired) electrons. The van der Waals surface area contributed by atoms with E-state index in [4.69, 9.17) is 4.74 Å². The second kappa shape index (κ2) is 6.31. The van der Waals surface area contributed by atoms with Crippen molar-refractivity contribution in [2.45, 2.75) is 4.90 Å². The van der Waals surface area contributed by atoms with Gasteiger partial charge in [-0.2, -0.15) is 0 Å². The molecule has 0 N–H and O–H groups in total. The van der Waals surface area contributed by atoms with E-state index in [-0.39, 0.29) is 0 Å². The summed E-state index contributed by atoms with van der Waals surface area (Å²) in [6, 6.07) is 16.4. The Morgan fingerprint density at radius 2 is 1.67 bits per heavy atom. The van der Waals surface area contributed by atoms with E-state index in [1.165, 1.54) is 16.0 Å². The van der Waals surface area contributed by atoms with Crippen molar-refractivity contribution in [1.82, 2.24) is 0 Å². The highest BCUT2D eigenvalue weighted by atomic mass is 32.2. The molecule has 2 heteroatoms. The molecule has 92 valence electrons. The van der Waals surface area contributed by atoms with Crippen LogP contribution in [0.25, 0.3) is 12.2 Å². The summed E-state index contributed by atoms with van der Waals surface area (Å²) in [6.07, 6.45) is 6.36. The number of hydrogen-bond donors (Lipinski definition) is 0. The van der Waals surface area contributed by atoms with Gasteiger partial charge in [0.25, 0.3) is 0 Å². The molecule has 1 nitrogen and oxygen atoms in total. The molecule has 0 heterocycles. The minimum atomic E-state index is 0.886. The fourth-order valence-electron chi connectivity index (χ4n) is 1.71. The molecule has 0 aromatic heterocycles. The number of thioether (sulfide) groups is 1. The zero-order valence-corrected chi connectivity index (χ0v) is 11.4. The molecule has 0 saturated carbocycles. The molecule has 2 aromatic carbocycles. The van der Waals surface area contributed by atoms with Crippen molar-refractivity contribution in [3.8, 4) is 5.75 Å². The average molecular weight is 256 g/mol. The van der Waals surface area contributed by atoms with E-state index in [1.54, 1.807) is 18.9 Å². The third kappa shape index (κ3) is 3.17. The molecule has 0 spiro atoms. The molecule has 0 amide bonds. The standard InChI is InChI=1S/C16H16OS/c1-17-15-11-8-13(9-12-15)7-10-14-5-3-4-6-16(14)18-2/h3-12H,1-2H3/b10-7+. The van der Waals surface area contributed by atoms with Crippen LogP contribution in [0.5, 0.6) is 5.75 Å². The van der Waals surface area contributed by atoms with Crippen LogP contribution in [-0.2, 0) is 0 Å². The van der Waals surface area contributed by atoms with Crippen LogP contribution in [-0.4, -0.2) is 13.4 Å². The van der Waals surface area contributed by atoms with Gasteiger partial charge >= 0.3 is 0 Å². The summed E-state index contributed by atoms with van der Waals surface area (Å²) in [5.74, 6) is 0.886. The number of benzene rings is 2. The minimum Gasteiger partial charge on any atom is -0.497 e. The minimum absolute atomic E-state index is 0.886. The van der Waals surface area contributed by atoms with Crippen LogP contribution < -0.4 is 4.74 Å². The largest absolute Gasteiger partial charge is 0.497 e. The first-order chi connectivity index (χ1) is 8.83. The summed E-state index contributed by atoms with van der Waals surface area (Å²) in [7, 11) is 1.68. The van der Waals surface area contributed by atoms with Gasteiger partial charge in [0, 0.05) is 4.90 Å². The van der Waals surface area contributed by atoms with Gasteiger partial charge < -0.3 is 4.74 Å². The fourth-order valence-corrected chi connectivity index (χ4v) is 2.29. The highest BCUT2D eigenvalue weighted by molar-refractivity contribution is 7.98. The molecule has 0 bridgehead atoms. The topological polar surface area (TPSA) is 9.23 Å². The highest BCUT2D eigenvalue weighted by Gasteiger charge is 1.96. The molecular weight excluding hydrogens is 240 g/mol. The quantitative estimate of drug-likeness (QED) is 0.584. The van der Waals surface area contributed by atoms with Crippen LogP contribution >= 0.6 is 11.8 Å². The van der Waals surface area contributed by atoms with Crippen molar-refractivity contribution >= 4 is 23.9 Å². The average Bonchev–Trinajstić information content (AvgIpc) is 2.46. The molecule has 2 rings (SSSR count). The molecule has 0 aliphatic heterocycles. The normalized spacial score (nSPS) is 10.8. The van der Waals surface area contributed by atoms with Crippen LogP contribution in [0.3, 0.4) is 0 Å². The Bertz CT molecular complexity index is 529. The molecule has 0 fully saturated rings. The smallest absolute Gasteiger partial charge is 0.118 e. The van der Waals surface area contributed by atoms with Gasteiger partial charge in [0.15, 0.2) is 0 Å². The Hall–Kier alpha value is -1.67. The van der Waals surface area contributed by atoms with Gasteiger partial charge in [-0.05, 0) is 35.6 Å². The van der Waals surface area contributed by atoms with Crippen LogP contribution in [0, 0.1) is 0 Å². The van der Waals surface area contributed by atoms with Crippen molar-refractivity contribution in [3.05, 3.63) is 59.7 Å². The number of rotatable bonds is 4. The van der Waals surface area contributed by atoms with Crippen molar-refractivity contribution in [2.75, 3.05) is 13.4 Å². The van der Waals surface area contributed by atoms with Crippen LogP contribution in [0.2, 0.25) is 0 Å². The van der Waals surface area contributed by atoms with Gasteiger partial charge in [-0.1, -0.05) is 42.5 Å². The fraction of sp³-hybridized carbons (Fsp3) is 0.125. The lowest BCUT2D eigenvalue weighted by molar-refractivity contribution is 0.415. The lowest BCUT2D eigenvalue weighted by Gasteiger charge is -2.02. The second-order valence-electron chi connectivity index (χ2n) is 3.85. The van der Waals surface area contributed by atoms with Crippen molar-refractivity contribution in [3.63, 3.8) is 0 Å². The second-order valence-corrected chi connectivity index (χ2v) is 4.70. The molecule has 0 aliphatic rings. The first-order valence-electron chi connectivity index (χ1n) is 5.78. The Labute approximate surface area is 112 Å². The van der Waals surface area contributed by atoms with E-state index in [1.807, 2.05) is 12.1 Å². The van der Waals surface area contributed by atoms with Gasteiger partial charge in [-0.25, -0.2) is 0 Å². The molecular formula is C16H16OS. The molecule has 18 heavy (non-hydrogen) atoms. The van der Waals surface area contributed by atoms with Crippen LogP contribution in [0.15, 0.2) is 53.4 Å². The van der Waals surface area contributed by atoms with Gasteiger partial charge in [-0.15, -0.1) is 11.8 Å². The Balaban J connectivity index is 2.19. The predicted molar refractivity (Wildman–Crippen MR) is 80.1 cm³/mol. The van der Waals surface area contributed by atoms with E-state index >= 15 is 0 Å². The summed E-state index contributed by atoms with van der Waals surface area (Å²) < 4.78 is 5.14. The van der Waals surface area contributed by atoms with Crippen molar-refractivity contribution < 1.29 is 4.74 Å². The van der Waals surface area contributed by atoms with Gasteiger partial charge in [0.2, 0.25) is 0 Å². The maximum absolute atomic E-state index is 5.14. The molecule has 0 unspecified atom stereocenters. The molecule has 2 aromatic rings. The van der Waals surface area contributed by atoms with E-state index in [0.29, 0.717) is 0 Å². The molecule has 0 aliphatic carbocycles. The van der Waals surface area contributed by atoms with Crippen molar-refractivity contribution in [2.24, 2.45) is 0 Å². The summed E-state index contributed by atoms with van der Waals surface area (Å²) in [4.78, 5) is 1.29. The van der Waals surface area contributed by atoms with Gasteiger partial charge in [0.1, 0.15) is 5.75 Å². The van der Waals surface area contributed by atoms with Crippen molar-refractivity contribution in [1.29, 1.82) is 0 Å². The first-order valence-corrected chi connectivity index (χ1v) is 7.01.